The van der Waals surface area contributed by atoms with Gasteiger partial charge >= 0.3 is 0 Å². The highest BCUT2D eigenvalue weighted by Gasteiger charge is 2.22. The summed E-state index contributed by atoms with van der Waals surface area (Å²) >= 11 is 1.58. The molecule has 1 aliphatic carbocycles. The molecule has 0 unspecified atom stereocenters. The molecule has 7 heteroatoms. The minimum atomic E-state index is -0.314. The molecular weight excluding hydrogens is 372 g/mol. The summed E-state index contributed by atoms with van der Waals surface area (Å²) in [5, 5.41) is 21.9. The van der Waals surface area contributed by atoms with Crippen molar-refractivity contribution in [3.8, 4) is 6.07 Å². The number of nitriles is 1. The van der Waals surface area contributed by atoms with Crippen LogP contribution in [0, 0.1) is 21.4 Å². The third kappa shape index (κ3) is 3.65. The van der Waals surface area contributed by atoms with Gasteiger partial charge in [0.05, 0.1) is 10.5 Å². The van der Waals surface area contributed by atoms with Crippen LogP contribution in [0.25, 0.3) is 0 Å². The second-order valence-electron chi connectivity index (χ2n) is 7.31. The van der Waals surface area contributed by atoms with E-state index in [2.05, 4.69) is 16.0 Å². The molecule has 1 aromatic heterocycles. The average molecular weight is 395 g/mol. The molecule has 2 aliphatic rings. The van der Waals surface area contributed by atoms with Gasteiger partial charge in [0.1, 0.15) is 16.8 Å². The minimum absolute atomic E-state index is 0.122. The average Bonchev–Trinajstić information content (AvgIpc) is 3.10. The molecule has 0 radical (unpaired) electrons. The Morgan fingerprint density at radius 1 is 1.18 bits per heavy atom. The van der Waals surface area contributed by atoms with E-state index in [9.17, 15) is 15.4 Å². The number of aryl methyl sites for hydroxylation is 1. The van der Waals surface area contributed by atoms with E-state index >= 15 is 0 Å². The zero-order valence-corrected chi connectivity index (χ0v) is 16.5. The predicted molar refractivity (Wildman–Crippen MR) is 112 cm³/mol. The first-order valence-corrected chi connectivity index (χ1v) is 10.6. The van der Waals surface area contributed by atoms with Crippen molar-refractivity contribution in [3.63, 3.8) is 0 Å². The highest BCUT2D eigenvalue weighted by molar-refractivity contribution is 7.16. The Balaban J connectivity index is 1.63. The molecular formula is C21H22N4O2S. The highest BCUT2D eigenvalue weighted by atomic mass is 32.1. The lowest BCUT2D eigenvalue weighted by Gasteiger charge is -2.28. The number of anilines is 1. The lowest BCUT2D eigenvalue weighted by molar-refractivity contribution is -0.384. The highest BCUT2D eigenvalue weighted by Crippen LogP contribution is 2.39. The molecule has 0 bridgehead atoms. The van der Waals surface area contributed by atoms with Crippen LogP contribution in [-0.2, 0) is 12.8 Å². The van der Waals surface area contributed by atoms with Crippen LogP contribution in [0.3, 0.4) is 0 Å². The maximum atomic E-state index is 11.6. The fourth-order valence-electron chi connectivity index (χ4n) is 4.06. The van der Waals surface area contributed by atoms with Gasteiger partial charge in [-0.1, -0.05) is 6.07 Å². The van der Waals surface area contributed by atoms with Crippen molar-refractivity contribution in [2.24, 2.45) is 4.99 Å². The fraction of sp³-hybridized carbons (Fsp3) is 0.429. The van der Waals surface area contributed by atoms with Crippen LogP contribution in [0.1, 0.15) is 53.7 Å². The van der Waals surface area contributed by atoms with E-state index in [0.717, 1.165) is 62.2 Å². The number of nitrogens with zero attached hydrogens (tertiary/aromatic N) is 4. The Morgan fingerprint density at radius 2 is 1.96 bits per heavy atom. The van der Waals surface area contributed by atoms with Gasteiger partial charge in [-0.25, -0.2) is 4.99 Å². The topological polar surface area (TPSA) is 82.5 Å². The van der Waals surface area contributed by atoms with Crippen LogP contribution in [0.5, 0.6) is 0 Å². The molecule has 0 N–H and O–H groups in total. The Labute approximate surface area is 168 Å². The molecule has 1 saturated heterocycles. The number of fused-ring (bicyclic) bond motifs is 1. The molecule has 2 heterocycles. The van der Waals surface area contributed by atoms with Crippen molar-refractivity contribution in [2.75, 3.05) is 18.0 Å². The molecule has 0 amide bonds. The largest absolute Gasteiger partial charge is 0.366 e. The van der Waals surface area contributed by atoms with Crippen molar-refractivity contribution in [1.82, 2.24) is 0 Å². The van der Waals surface area contributed by atoms with Gasteiger partial charge in [0, 0.05) is 30.2 Å². The first-order valence-electron chi connectivity index (χ1n) is 9.79. The SMILES string of the molecule is N#Cc1c(/N=C\c2ccc(N3CCCCC3)c([N+](=O)[O-])c2)sc2c1CCCC2. The van der Waals surface area contributed by atoms with Crippen LogP contribution < -0.4 is 4.90 Å². The number of nitro benzene ring substituents is 1. The molecule has 144 valence electrons. The van der Waals surface area contributed by atoms with E-state index in [1.54, 1.807) is 23.6 Å². The van der Waals surface area contributed by atoms with Crippen molar-refractivity contribution in [1.29, 1.82) is 5.26 Å². The normalized spacial score (nSPS) is 16.8. The van der Waals surface area contributed by atoms with Gasteiger partial charge in [-0.15, -0.1) is 11.3 Å². The lowest BCUT2D eigenvalue weighted by Crippen LogP contribution is -2.29. The number of piperidine rings is 1. The molecule has 0 saturated carbocycles. The summed E-state index contributed by atoms with van der Waals surface area (Å²) in [5.41, 5.74) is 3.32. The molecule has 2 aromatic rings. The molecule has 6 nitrogen and oxygen atoms in total. The molecule has 1 aliphatic heterocycles. The van der Waals surface area contributed by atoms with Gasteiger partial charge in [-0.2, -0.15) is 5.26 Å². The Bertz CT molecular complexity index is 968. The van der Waals surface area contributed by atoms with Gasteiger partial charge in [-0.05, 0) is 62.1 Å². The summed E-state index contributed by atoms with van der Waals surface area (Å²) < 4.78 is 0. The summed E-state index contributed by atoms with van der Waals surface area (Å²) in [4.78, 5) is 19.2. The van der Waals surface area contributed by atoms with Gasteiger partial charge in [0.25, 0.3) is 5.69 Å². The van der Waals surface area contributed by atoms with Crippen molar-refractivity contribution >= 4 is 33.9 Å². The van der Waals surface area contributed by atoms with Crippen LogP contribution in [0.2, 0.25) is 0 Å². The van der Waals surface area contributed by atoms with E-state index < -0.39 is 0 Å². The number of benzene rings is 1. The number of hydrogen-bond acceptors (Lipinski definition) is 6. The van der Waals surface area contributed by atoms with E-state index in [1.165, 1.54) is 11.3 Å². The van der Waals surface area contributed by atoms with Crippen LogP contribution in [0.15, 0.2) is 23.2 Å². The lowest BCUT2D eigenvalue weighted by atomic mass is 9.96. The molecule has 28 heavy (non-hydrogen) atoms. The summed E-state index contributed by atoms with van der Waals surface area (Å²) in [7, 11) is 0. The first kappa shape index (κ1) is 18.6. The predicted octanol–water partition coefficient (Wildman–Crippen LogP) is 5.15. The van der Waals surface area contributed by atoms with E-state index in [-0.39, 0.29) is 10.6 Å². The van der Waals surface area contributed by atoms with Gasteiger partial charge in [0.15, 0.2) is 0 Å². The smallest absolute Gasteiger partial charge is 0.293 e. The maximum Gasteiger partial charge on any atom is 0.293 e. The number of rotatable bonds is 4. The Hall–Kier alpha value is -2.72. The molecule has 4 rings (SSSR count). The second-order valence-corrected chi connectivity index (χ2v) is 8.40. The number of hydrogen-bond donors (Lipinski definition) is 0. The molecule has 0 atom stereocenters. The Kier molecular flexibility index (Phi) is 5.40. The summed E-state index contributed by atoms with van der Waals surface area (Å²) in [5.74, 6) is 0. The summed E-state index contributed by atoms with van der Waals surface area (Å²) in [6.45, 7) is 1.72. The van der Waals surface area contributed by atoms with Crippen molar-refractivity contribution in [2.45, 2.75) is 44.9 Å². The number of aliphatic imine (C=N–C) groups is 1. The van der Waals surface area contributed by atoms with Crippen molar-refractivity contribution < 1.29 is 4.92 Å². The van der Waals surface area contributed by atoms with Crippen molar-refractivity contribution in [3.05, 3.63) is 49.9 Å². The zero-order valence-electron chi connectivity index (χ0n) is 15.7. The first-order chi connectivity index (χ1) is 13.7. The zero-order chi connectivity index (χ0) is 19.5. The quantitative estimate of drug-likeness (QED) is 0.408. The fourth-order valence-corrected chi connectivity index (χ4v) is 5.24. The minimum Gasteiger partial charge on any atom is -0.366 e. The van der Waals surface area contributed by atoms with Gasteiger partial charge in [-0.3, -0.25) is 10.1 Å². The third-order valence-corrected chi connectivity index (χ3v) is 6.69. The second kappa shape index (κ2) is 8.11. The summed E-state index contributed by atoms with van der Waals surface area (Å²) in [6, 6.07) is 7.60. The monoisotopic (exact) mass is 394 g/mol. The van der Waals surface area contributed by atoms with Crippen LogP contribution in [0.4, 0.5) is 16.4 Å². The van der Waals surface area contributed by atoms with E-state index in [0.29, 0.717) is 16.8 Å². The molecule has 1 aromatic carbocycles. The number of thiophene rings is 1. The maximum absolute atomic E-state index is 11.6. The van der Waals surface area contributed by atoms with E-state index in [1.807, 2.05) is 12.1 Å². The van der Waals surface area contributed by atoms with Crippen LogP contribution in [-0.4, -0.2) is 24.2 Å². The Morgan fingerprint density at radius 3 is 2.71 bits per heavy atom. The summed E-state index contributed by atoms with van der Waals surface area (Å²) in [6.07, 6.45) is 9.20. The molecule has 0 spiro atoms. The van der Waals surface area contributed by atoms with Crippen LogP contribution >= 0.6 is 11.3 Å². The van der Waals surface area contributed by atoms with Gasteiger partial charge in [0.2, 0.25) is 0 Å². The number of nitro groups is 1. The third-order valence-electron chi connectivity index (χ3n) is 5.49. The van der Waals surface area contributed by atoms with Gasteiger partial charge < -0.3 is 4.90 Å². The standard InChI is InChI=1S/C21H22N4O2S/c22-13-17-16-6-2-3-7-20(16)28-21(17)23-14-15-8-9-18(19(12-15)25(26)27)24-10-4-1-5-11-24/h8-9,12,14H,1-7,10-11H2/b23-14-. The molecule has 1 fully saturated rings. The van der Waals surface area contributed by atoms with E-state index in [4.69, 9.17) is 0 Å².